The highest BCUT2D eigenvalue weighted by Crippen LogP contribution is 2.34. The van der Waals surface area contributed by atoms with Gasteiger partial charge in [0, 0.05) is 5.39 Å². The molecule has 0 saturated carbocycles. The van der Waals surface area contributed by atoms with Crippen molar-refractivity contribution in [2.75, 3.05) is 0 Å². The molecule has 0 aliphatic rings. The van der Waals surface area contributed by atoms with Crippen LogP contribution in [-0.4, -0.2) is 24.4 Å². The van der Waals surface area contributed by atoms with E-state index in [1.165, 1.54) is 17.8 Å². The molecule has 0 fully saturated rings. The molecule has 0 radical (unpaired) electrons. The molecule has 10 heteroatoms. The van der Waals surface area contributed by atoms with Crippen molar-refractivity contribution in [1.82, 2.24) is 24.4 Å². The fourth-order valence-corrected chi connectivity index (χ4v) is 3.14. The standard InChI is InChI=1S/C17H12F5N5/c1-8-4-3-5-10-7-23-27(13(8)10)15-12(14(18)19)9(2)6-11-24-16(17(20,21)22)25-26(11)15/h3-7,14H,1-2H3. The number of alkyl halides is 5. The Morgan fingerprint density at radius 3 is 2.48 bits per heavy atom. The van der Waals surface area contributed by atoms with E-state index in [0.717, 1.165) is 16.1 Å². The fraction of sp³-hybridized carbons (Fsp3) is 0.235. The number of aromatic nitrogens is 5. The van der Waals surface area contributed by atoms with Gasteiger partial charge in [0.1, 0.15) is 0 Å². The summed E-state index contributed by atoms with van der Waals surface area (Å²) in [5, 5.41) is 8.26. The number of aryl methyl sites for hydroxylation is 2. The van der Waals surface area contributed by atoms with E-state index >= 15 is 0 Å². The predicted molar refractivity (Wildman–Crippen MR) is 87.0 cm³/mol. The molecule has 1 aromatic carbocycles. The number of hydrogen-bond acceptors (Lipinski definition) is 3. The molecule has 0 aliphatic carbocycles. The molecule has 0 atom stereocenters. The second kappa shape index (κ2) is 5.73. The number of para-hydroxylation sites is 1. The van der Waals surface area contributed by atoms with E-state index in [9.17, 15) is 22.0 Å². The van der Waals surface area contributed by atoms with Gasteiger partial charge in [-0.2, -0.15) is 22.8 Å². The number of benzene rings is 1. The minimum atomic E-state index is -4.80. The maximum atomic E-state index is 13.8. The fourth-order valence-electron chi connectivity index (χ4n) is 3.14. The molecule has 0 bridgehead atoms. The monoisotopic (exact) mass is 381 g/mol. The van der Waals surface area contributed by atoms with E-state index < -0.39 is 24.0 Å². The van der Waals surface area contributed by atoms with E-state index in [-0.39, 0.29) is 17.0 Å². The summed E-state index contributed by atoms with van der Waals surface area (Å²) < 4.78 is 68.8. The van der Waals surface area contributed by atoms with Crippen molar-refractivity contribution in [1.29, 1.82) is 0 Å². The second-order valence-corrected chi connectivity index (χ2v) is 6.14. The van der Waals surface area contributed by atoms with Gasteiger partial charge in [0.2, 0.25) is 0 Å². The summed E-state index contributed by atoms with van der Waals surface area (Å²) >= 11 is 0. The molecular formula is C17H12F5N5. The molecule has 5 nitrogen and oxygen atoms in total. The van der Waals surface area contributed by atoms with Gasteiger partial charge in [0.15, 0.2) is 11.5 Å². The van der Waals surface area contributed by atoms with Crippen molar-refractivity contribution in [3.63, 3.8) is 0 Å². The van der Waals surface area contributed by atoms with Gasteiger partial charge in [0.05, 0.1) is 17.3 Å². The van der Waals surface area contributed by atoms with Crippen LogP contribution in [0.25, 0.3) is 22.4 Å². The first kappa shape index (κ1) is 17.4. The number of halogens is 5. The average Bonchev–Trinajstić information content (AvgIpc) is 3.17. The molecule has 140 valence electrons. The van der Waals surface area contributed by atoms with Crippen molar-refractivity contribution in [2.24, 2.45) is 0 Å². The van der Waals surface area contributed by atoms with Crippen LogP contribution >= 0.6 is 0 Å². The van der Waals surface area contributed by atoms with Crippen LogP contribution in [0, 0.1) is 13.8 Å². The molecule has 0 aliphatic heterocycles. The third-order valence-corrected chi connectivity index (χ3v) is 4.31. The second-order valence-electron chi connectivity index (χ2n) is 6.14. The van der Waals surface area contributed by atoms with Gasteiger partial charge < -0.3 is 0 Å². The summed E-state index contributed by atoms with van der Waals surface area (Å²) in [6.45, 7) is 3.16. The lowest BCUT2D eigenvalue weighted by Crippen LogP contribution is -2.13. The first-order chi connectivity index (χ1) is 12.7. The van der Waals surface area contributed by atoms with Crippen LogP contribution < -0.4 is 0 Å². The van der Waals surface area contributed by atoms with Gasteiger partial charge >= 0.3 is 6.18 Å². The Hall–Kier alpha value is -3.04. The van der Waals surface area contributed by atoms with E-state index in [0.29, 0.717) is 10.9 Å². The van der Waals surface area contributed by atoms with Crippen LogP contribution in [0.2, 0.25) is 0 Å². The molecule has 0 amide bonds. The zero-order chi connectivity index (χ0) is 19.5. The third-order valence-electron chi connectivity index (χ3n) is 4.31. The van der Waals surface area contributed by atoms with E-state index in [1.807, 2.05) is 0 Å². The molecule has 3 aromatic heterocycles. The summed E-state index contributed by atoms with van der Waals surface area (Å²) in [6, 6.07) is 6.44. The normalized spacial score (nSPS) is 12.6. The molecule has 0 saturated heterocycles. The number of rotatable bonds is 2. The van der Waals surface area contributed by atoms with Crippen LogP contribution in [-0.2, 0) is 6.18 Å². The van der Waals surface area contributed by atoms with Crippen LogP contribution in [0.3, 0.4) is 0 Å². The molecule has 0 unspecified atom stereocenters. The summed E-state index contributed by atoms with van der Waals surface area (Å²) in [6.07, 6.45) is -6.27. The van der Waals surface area contributed by atoms with Gasteiger partial charge in [-0.05, 0) is 31.0 Å². The Bertz CT molecular complexity index is 1170. The van der Waals surface area contributed by atoms with E-state index in [2.05, 4.69) is 15.2 Å². The van der Waals surface area contributed by atoms with Crippen LogP contribution in [0.15, 0.2) is 30.5 Å². The first-order valence-corrected chi connectivity index (χ1v) is 7.88. The number of nitrogens with zero attached hydrogens (tertiary/aromatic N) is 5. The molecule has 3 heterocycles. The maximum absolute atomic E-state index is 13.8. The van der Waals surface area contributed by atoms with Crippen LogP contribution in [0.4, 0.5) is 22.0 Å². The Labute approximate surface area is 149 Å². The Kier molecular flexibility index (Phi) is 3.69. The van der Waals surface area contributed by atoms with Gasteiger partial charge in [-0.25, -0.2) is 18.4 Å². The Morgan fingerprint density at radius 1 is 1.07 bits per heavy atom. The molecule has 0 spiro atoms. The number of hydrogen-bond donors (Lipinski definition) is 0. The zero-order valence-corrected chi connectivity index (χ0v) is 14.1. The lowest BCUT2D eigenvalue weighted by Gasteiger charge is -2.15. The molecule has 4 aromatic rings. The summed E-state index contributed by atoms with van der Waals surface area (Å²) in [4.78, 5) is 3.46. The highest BCUT2D eigenvalue weighted by Gasteiger charge is 2.37. The molecule has 4 rings (SSSR count). The lowest BCUT2D eigenvalue weighted by atomic mass is 10.1. The smallest absolute Gasteiger partial charge is 0.214 e. The first-order valence-electron chi connectivity index (χ1n) is 7.88. The summed E-state index contributed by atoms with van der Waals surface area (Å²) in [5.74, 6) is -1.66. The highest BCUT2D eigenvalue weighted by atomic mass is 19.4. The van der Waals surface area contributed by atoms with Gasteiger partial charge in [0.25, 0.3) is 12.2 Å². The van der Waals surface area contributed by atoms with Crippen molar-refractivity contribution in [3.05, 3.63) is 53.0 Å². The highest BCUT2D eigenvalue weighted by molar-refractivity contribution is 5.83. The molecule has 27 heavy (non-hydrogen) atoms. The van der Waals surface area contributed by atoms with Crippen LogP contribution in [0.5, 0.6) is 0 Å². The number of fused-ring (bicyclic) bond motifs is 2. The molecule has 0 N–H and O–H groups in total. The van der Waals surface area contributed by atoms with Crippen molar-refractivity contribution < 1.29 is 22.0 Å². The third kappa shape index (κ3) is 2.63. The van der Waals surface area contributed by atoms with E-state index in [4.69, 9.17) is 0 Å². The quantitative estimate of drug-likeness (QED) is 0.475. The average molecular weight is 381 g/mol. The van der Waals surface area contributed by atoms with Gasteiger partial charge in [-0.15, -0.1) is 5.10 Å². The lowest BCUT2D eigenvalue weighted by molar-refractivity contribution is -0.144. The van der Waals surface area contributed by atoms with Crippen molar-refractivity contribution in [2.45, 2.75) is 26.4 Å². The Morgan fingerprint density at radius 2 is 1.81 bits per heavy atom. The minimum absolute atomic E-state index is 0.103. The van der Waals surface area contributed by atoms with Gasteiger partial charge in [-0.3, -0.25) is 0 Å². The van der Waals surface area contributed by atoms with Gasteiger partial charge in [-0.1, -0.05) is 18.2 Å². The van der Waals surface area contributed by atoms with Crippen molar-refractivity contribution in [3.8, 4) is 5.82 Å². The van der Waals surface area contributed by atoms with E-state index in [1.54, 1.807) is 25.1 Å². The maximum Gasteiger partial charge on any atom is 0.453 e. The Balaban J connectivity index is 2.17. The van der Waals surface area contributed by atoms with Crippen LogP contribution in [0.1, 0.15) is 28.9 Å². The topological polar surface area (TPSA) is 48.0 Å². The predicted octanol–water partition coefficient (Wildman–Crippen LogP) is 4.64. The summed E-state index contributed by atoms with van der Waals surface area (Å²) in [7, 11) is 0. The largest absolute Gasteiger partial charge is 0.453 e. The summed E-state index contributed by atoms with van der Waals surface area (Å²) in [5.41, 5.74) is 0.711. The zero-order valence-electron chi connectivity index (χ0n) is 14.1. The molecular weight excluding hydrogens is 369 g/mol. The number of pyridine rings is 1. The SMILES string of the molecule is Cc1cc2nc(C(F)(F)F)nn2c(-n2ncc3cccc(C)c32)c1C(F)F. The van der Waals surface area contributed by atoms with Crippen molar-refractivity contribution >= 4 is 16.6 Å². The minimum Gasteiger partial charge on any atom is -0.214 e.